The molecule has 1 atom stereocenters. The van der Waals surface area contributed by atoms with E-state index in [9.17, 15) is 9.59 Å². The maximum Gasteiger partial charge on any atom is 0.307 e. The number of anilines is 1. The van der Waals surface area contributed by atoms with Gasteiger partial charge in [0.15, 0.2) is 5.13 Å². The smallest absolute Gasteiger partial charge is 0.307 e. The Bertz CT molecular complexity index is 556. The van der Waals surface area contributed by atoms with Gasteiger partial charge in [0.25, 0.3) is 0 Å². The molecule has 1 aliphatic carbocycles. The third-order valence-corrected chi connectivity index (χ3v) is 5.30. The summed E-state index contributed by atoms with van der Waals surface area (Å²) in [7, 11) is 0. The number of carbonyl (C=O) groups excluding carboxylic acids is 2. The number of nitrogens with one attached hydrogen (secondary N) is 1. The second-order valence-electron chi connectivity index (χ2n) is 6.27. The molecule has 0 spiro atoms. The van der Waals surface area contributed by atoms with Crippen molar-refractivity contribution in [1.82, 2.24) is 4.98 Å². The van der Waals surface area contributed by atoms with Crippen molar-refractivity contribution < 1.29 is 14.3 Å². The molecule has 3 rings (SSSR count). The Kier molecular flexibility index (Phi) is 3.73. The average molecular weight is 308 g/mol. The van der Waals surface area contributed by atoms with E-state index in [0.29, 0.717) is 5.13 Å². The van der Waals surface area contributed by atoms with Gasteiger partial charge in [-0.3, -0.25) is 9.59 Å². The van der Waals surface area contributed by atoms with Gasteiger partial charge in [-0.05, 0) is 39.5 Å². The summed E-state index contributed by atoms with van der Waals surface area (Å²) in [6.45, 7) is 3.55. The molecule has 2 aliphatic rings. The number of nitrogens with zero attached hydrogens (tertiary/aromatic N) is 1. The first kappa shape index (κ1) is 14.5. The lowest BCUT2D eigenvalue weighted by Gasteiger charge is -2.23. The van der Waals surface area contributed by atoms with E-state index in [2.05, 4.69) is 10.3 Å². The maximum atomic E-state index is 12.4. The Morgan fingerprint density at radius 3 is 2.81 bits per heavy atom. The summed E-state index contributed by atoms with van der Waals surface area (Å²) in [4.78, 5) is 29.6. The van der Waals surface area contributed by atoms with E-state index in [4.69, 9.17) is 4.74 Å². The number of aromatic nitrogens is 1. The molecule has 5 nitrogen and oxygen atoms in total. The van der Waals surface area contributed by atoms with Crippen LogP contribution in [0.5, 0.6) is 0 Å². The van der Waals surface area contributed by atoms with Crippen LogP contribution in [0.1, 0.15) is 50.1 Å². The summed E-state index contributed by atoms with van der Waals surface area (Å²) in [5, 5.41) is 3.53. The number of esters is 1. The zero-order valence-corrected chi connectivity index (χ0v) is 13.2. The summed E-state index contributed by atoms with van der Waals surface area (Å²) >= 11 is 1.57. The number of rotatable bonds is 2. The number of ether oxygens (including phenoxy) is 1. The maximum absolute atomic E-state index is 12.4. The van der Waals surface area contributed by atoms with Gasteiger partial charge < -0.3 is 10.1 Å². The summed E-state index contributed by atoms with van der Waals surface area (Å²) in [6.07, 6.45) is 5.81. The molecule has 1 aromatic rings. The molecule has 1 N–H and O–H groups in total. The van der Waals surface area contributed by atoms with Gasteiger partial charge in [0, 0.05) is 4.88 Å². The van der Waals surface area contributed by atoms with E-state index in [1.165, 1.54) is 24.1 Å². The largest absolute Gasteiger partial charge is 0.459 e. The average Bonchev–Trinajstić information content (AvgIpc) is 2.81. The van der Waals surface area contributed by atoms with E-state index in [1.807, 2.05) is 0 Å². The number of hydrogen-bond donors (Lipinski definition) is 1. The molecule has 114 valence electrons. The second-order valence-corrected chi connectivity index (χ2v) is 7.36. The lowest BCUT2D eigenvalue weighted by molar-refractivity contribution is -0.147. The van der Waals surface area contributed by atoms with E-state index in [0.717, 1.165) is 18.5 Å². The van der Waals surface area contributed by atoms with Crippen molar-refractivity contribution in [3.63, 3.8) is 0 Å². The number of thiazole rings is 1. The normalized spacial score (nSPS) is 24.1. The zero-order valence-electron chi connectivity index (χ0n) is 12.4. The number of hydrogen-bond acceptors (Lipinski definition) is 5. The SMILES string of the molecule is CC1(C)OC(=O)C[C@H]1C(=O)Nc1nc2c(s1)CCCCC2. The van der Waals surface area contributed by atoms with Crippen LogP contribution in [0.4, 0.5) is 5.13 Å². The van der Waals surface area contributed by atoms with Crippen molar-refractivity contribution in [1.29, 1.82) is 0 Å². The molecule has 6 heteroatoms. The summed E-state index contributed by atoms with van der Waals surface area (Å²) < 4.78 is 5.20. The molecular weight excluding hydrogens is 288 g/mol. The van der Waals surface area contributed by atoms with Crippen molar-refractivity contribution >= 4 is 28.3 Å². The molecule has 0 radical (unpaired) electrons. The predicted octanol–water partition coefficient (Wildman–Crippen LogP) is 2.69. The van der Waals surface area contributed by atoms with Crippen molar-refractivity contribution in [3.8, 4) is 0 Å². The van der Waals surface area contributed by atoms with Crippen LogP contribution in [0.25, 0.3) is 0 Å². The van der Waals surface area contributed by atoms with Crippen molar-refractivity contribution in [2.75, 3.05) is 5.32 Å². The van der Waals surface area contributed by atoms with Gasteiger partial charge in [0.1, 0.15) is 5.60 Å². The molecule has 1 aliphatic heterocycles. The predicted molar refractivity (Wildman–Crippen MR) is 80.3 cm³/mol. The number of carbonyl (C=O) groups is 2. The van der Waals surface area contributed by atoms with Crippen LogP contribution in [0.15, 0.2) is 0 Å². The van der Waals surface area contributed by atoms with Gasteiger partial charge in [-0.2, -0.15) is 0 Å². The van der Waals surface area contributed by atoms with Gasteiger partial charge in [0.2, 0.25) is 5.91 Å². The van der Waals surface area contributed by atoms with Crippen LogP contribution < -0.4 is 5.32 Å². The standard InChI is InChI=1S/C15H20N2O3S/c1-15(2)9(8-12(18)20-15)13(19)17-14-16-10-6-4-3-5-7-11(10)21-14/h9H,3-8H2,1-2H3,(H,16,17,19)/t9-/m0/s1. The highest BCUT2D eigenvalue weighted by molar-refractivity contribution is 7.15. The van der Waals surface area contributed by atoms with E-state index < -0.39 is 11.5 Å². The lowest BCUT2D eigenvalue weighted by Crippen LogP contribution is -2.36. The molecule has 0 aromatic carbocycles. The molecule has 1 aromatic heterocycles. The van der Waals surface area contributed by atoms with Crippen LogP contribution in [0, 0.1) is 5.92 Å². The van der Waals surface area contributed by atoms with Crippen LogP contribution >= 0.6 is 11.3 Å². The monoisotopic (exact) mass is 308 g/mol. The van der Waals surface area contributed by atoms with Gasteiger partial charge in [-0.25, -0.2) is 4.98 Å². The third kappa shape index (κ3) is 2.95. The fourth-order valence-electron chi connectivity index (χ4n) is 3.00. The Morgan fingerprint density at radius 2 is 2.10 bits per heavy atom. The second kappa shape index (κ2) is 5.40. The van der Waals surface area contributed by atoms with Crippen LogP contribution in [-0.2, 0) is 27.2 Å². The first-order valence-electron chi connectivity index (χ1n) is 7.47. The van der Waals surface area contributed by atoms with Crippen LogP contribution in [0.2, 0.25) is 0 Å². The topological polar surface area (TPSA) is 68.3 Å². The number of fused-ring (bicyclic) bond motifs is 1. The summed E-state index contributed by atoms with van der Waals surface area (Å²) in [5.74, 6) is -0.932. The highest BCUT2D eigenvalue weighted by Gasteiger charge is 2.46. The van der Waals surface area contributed by atoms with Gasteiger partial charge in [-0.1, -0.05) is 6.42 Å². The molecule has 0 unspecified atom stereocenters. The van der Waals surface area contributed by atoms with E-state index >= 15 is 0 Å². The Morgan fingerprint density at radius 1 is 1.33 bits per heavy atom. The third-order valence-electron chi connectivity index (χ3n) is 4.23. The van der Waals surface area contributed by atoms with Crippen molar-refractivity contribution in [2.45, 2.75) is 58.0 Å². The molecule has 1 saturated heterocycles. The highest BCUT2D eigenvalue weighted by atomic mass is 32.1. The molecule has 0 saturated carbocycles. The fourth-order valence-corrected chi connectivity index (χ4v) is 4.05. The molecule has 0 bridgehead atoms. The van der Waals surface area contributed by atoms with Crippen molar-refractivity contribution in [2.24, 2.45) is 5.92 Å². The fraction of sp³-hybridized carbons (Fsp3) is 0.667. The quantitative estimate of drug-likeness (QED) is 0.674. The van der Waals surface area contributed by atoms with Gasteiger partial charge in [0.05, 0.1) is 18.0 Å². The Labute approximate surface area is 128 Å². The lowest BCUT2D eigenvalue weighted by atomic mass is 9.90. The summed E-state index contributed by atoms with van der Waals surface area (Å²) in [6, 6.07) is 0. The Hall–Kier alpha value is -1.43. The first-order valence-corrected chi connectivity index (χ1v) is 8.28. The Balaban J connectivity index is 1.72. The molecule has 2 heterocycles. The molecule has 1 amide bonds. The molecule has 21 heavy (non-hydrogen) atoms. The minimum absolute atomic E-state index is 0.143. The molecule has 1 fully saturated rings. The first-order chi connectivity index (χ1) is 9.95. The minimum Gasteiger partial charge on any atom is -0.459 e. The number of cyclic esters (lactones) is 1. The van der Waals surface area contributed by atoms with Crippen molar-refractivity contribution in [3.05, 3.63) is 10.6 Å². The number of amides is 1. The summed E-state index contributed by atoms with van der Waals surface area (Å²) in [5.41, 5.74) is 0.390. The van der Waals surface area contributed by atoms with E-state index in [-0.39, 0.29) is 18.3 Å². The van der Waals surface area contributed by atoms with E-state index in [1.54, 1.807) is 25.2 Å². The van der Waals surface area contributed by atoms with Gasteiger partial charge >= 0.3 is 5.97 Å². The minimum atomic E-state index is -0.741. The van der Waals surface area contributed by atoms with Crippen LogP contribution in [0.3, 0.4) is 0 Å². The molecular formula is C15H20N2O3S. The highest BCUT2D eigenvalue weighted by Crippen LogP contribution is 2.34. The number of aryl methyl sites for hydroxylation is 2. The van der Waals surface area contributed by atoms with Crippen LogP contribution in [-0.4, -0.2) is 22.5 Å². The zero-order chi connectivity index (χ0) is 15.0. The van der Waals surface area contributed by atoms with Gasteiger partial charge in [-0.15, -0.1) is 11.3 Å².